The number of hydrogen-bond acceptors (Lipinski definition) is 4. The summed E-state index contributed by atoms with van der Waals surface area (Å²) in [5.41, 5.74) is 1.60. The van der Waals surface area contributed by atoms with Crippen molar-refractivity contribution in [2.75, 3.05) is 24.7 Å². The van der Waals surface area contributed by atoms with Crippen LogP contribution in [0.4, 0.5) is 5.69 Å². The number of benzene rings is 1. The molecule has 3 rings (SSSR count). The molecule has 2 saturated heterocycles. The highest BCUT2D eigenvalue weighted by Gasteiger charge is 2.29. The average Bonchev–Trinajstić information content (AvgIpc) is 2.99. The first-order valence-electron chi connectivity index (χ1n) is 5.89. The smallest absolute Gasteiger partial charge is 0.234 e. The van der Waals surface area contributed by atoms with Crippen LogP contribution in [0.5, 0.6) is 0 Å². The molecule has 0 N–H and O–H groups in total. The number of amides is 1. The van der Waals surface area contributed by atoms with Gasteiger partial charge in [0.15, 0.2) is 12.1 Å². The molecule has 2 heterocycles. The predicted molar refractivity (Wildman–Crippen MR) is 63.1 cm³/mol. The highest BCUT2D eigenvalue weighted by atomic mass is 16.7. The molecule has 0 bridgehead atoms. The van der Waals surface area contributed by atoms with Crippen LogP contribution in [0.3, 0.4) is 0 Å². The predicted octanol–water partition coefficient (Wildman–Crippen LogP) is 1.04. The van der Waals surface area contributed by atoms with E-state index in [1.807, 2.05) is 24.3 Å². The van der Waals surface area contributed by atoms with Gasteiger partial charge < -0.3 is 14.4 Å². The van der Waals surface area contributed by atoms with Crippen LogP contribution in [0.25, 0.3) is 0 Å². The molecule has 0 spiro atoms. The molecule has 5 nitrogen and oxygen atoms in total. The number of rotatable bonds is 2. The second-order valence-electron chi connectivity index (χ2n) is 4.36. The number of Topliss-reactive ketones (excluding diaryl/α,β-unsaturated/α-hetero) is 1. The van der Waals surface area contributed by atoms with E-state index in [1.165, 1.54) is 4.90 Å². The van der Waals surface area contributed by atoms with Crippen molar-refractivity contribution >= 4 is 17.4 Å². The summed E-state index contributed by atoms with van der Waals surface area (Å²) in [7, 11) is 0. The number of ketones is 1. The highest BCUT2D eigenvalue weighted by molar-refractivity contribution is 6.15. The minimum atomic E-state index is -0.363. The average molecular weight is 247 g/mol. The molecular weight excluding hydrogens is 234 g/mol. The minimum absolute atomic E-state index is 0.000651. The number of carbonyl (C=O) groups is 2. The SMILES string of the molecule is O=C1CC(=O)N(c2cccc(C3OCCO3)c2)C1. The van der Waals surface area contributed by atoms with Crippen molar-refractivity contribution < 1.29 is 19.1 Å². The van der Waals surface area contributed by atoms with Crippen molar-refractivity contribution in [3.8, 4) is 0 Å². The molecule has 0 saturated carbocycles. The van der Waals surface area contributed by atoms with E-state index >= 15 is 0 Å². The Balaban J connectivity index is 1.86. The molecule has 2 aliphatic heterocycles. The van der Waals surface area contributed by atoms with E-state index in [0.717, 1.165) is 11.3 Å². The quantitative estimate of drug-likeness (QED) is 0.733. The second-order valence-corrected chi connectivity index (χ2v) is 4.36. The molecule has 0 radical (unpaired) electrons. The number of carbonyl (C=O) groups excluding carboxylic acids is 2. The summed E-state index contributed by atoms with van der Waals surface area (Å²) in [6, 6.07) is 7.38. The lowest BCUT2D eigenvalue weighted by atomic mass is 10.2. The van der Waals surface area contributed by atoms with Crippen molar-refractivity contribution in [2.45, 2.75) is 12.7 Å². The van der Waals surface area contributed by atoms with E-state index in [9.17, 15) is 9.59 Å². The molecule has 5 heteroatoms. The topological polar surface area (TPSA) is 55.8 Å². The van der Waals surface area contributed by atoms with Crippen LogP contribution < -0.4 is 4.90 Å². The fraction of sp³-hybridized carbons (Fsp3) is 0.385. The van der Waals surface area contributed by atoms with E-state index in [0.29, 0.717) is 13.2 Å². The Kier molecular flexibility index (Phi) is 2.85. The summed E-state index contributed by atoms with van der Waals surface area (Å²) in [5.74, 6) is -0.191. The van der Waals surface area contributed by atoms with Gasteiger partial charge in [0, 0.05) is 11.3 Å². The lowest BCUT2D eigenvalue weighted by molar-refractivity contribution is -0.121. The molecule has 94 valence electrons. The summed E-state index contributed by atoms with van der Waals surface area (Å²) in [6.07, 6.45) is -0.362. The summed E-state index contributed by atoms with van der Waals surface area (Å²) in [5, 5.41) is 0. The highest BCUT2D eigenvalue weighted by Crippen LogP contribution is 2.28. The molecule has 1 amide bonds. The third-order valence-corrected chi connectivity index (χ3v) is 3.06. The first kappa shape index (κ1) is 11.4. The van der Waals surface area contributed by atoms with Crippen LogP contribution in [0.15, 0.2) is 24.3 Å². The molecule has 0 aromatic heterocycles. The van der Waals surface area contributed by atoms with Crippen LogP contribution in [-0.2, 0) is 19.1 Å². The standard InChI is InChI=1S/C13H13NO4/c15-11-7-12(16)14(8-11)10-3-1-2-9(6-10)13-17-4-5-18-13/h1-3,6,13H,4-5,7-8H2. The second kappa shape index (κ2) is 4.51. The van der Waals surface area contributed by atoms with Crippen molar-refractivity contribution in [2.24, 2.45) is 0 Å². The number of hydrogen-bond donors (Lipinski definition) is 0. The Morgan fingerprint density at radius 2 is 1.94 bits per heavy atom. The summed E-state index contributed by atoms with van der Waals surface area (Å²) in [6.45, 7) is 1.32. The van der Waals surface area contributed by atoms with E-state index in [2.05, 4.69) is 0 Å². The monoisotopic (exact) mass is 247 g/mol. The molecule has 0 unspecified atom stereocenters. The third kappa shape index (κ3) is 2.02. The molecule has 2 fully saturated rings. The van der Waals surface area contributed by atoms with Crippen LogP contribution in [0.1, 0.15) is 18.3 Å². The zero-order chi connectivity index (χ0) is 12.5. The van der Waals surface area contributed by atoms with Crippen LogP contribution >= 0.6 is 0 Å². The number of anilines is 1. The maximum atomic E-state index is 11.7. The Hall–Kier alpha value is -1.72. The molecule has 2 aliphatic rings. The molecular formula is C13H13NO4. The van der Waals surface area contributed by atoms with Gasteiger partial charge in [-0.3, -0.25) is 9.59 Å². The van der Waals surface area contributed by atoms with Gasteiger partial charge in [0.05, 0.1) is 26.2 Å². The van der Waals surface area contributed by atoms with E-state index < -0.39 is 0 Å². The molecule has 1 aromatic rings. The largest absolute Gasteiger partial charge is 0.346 e. The molecule has 1 aromatic carbocycles. The lowest BCUT2D eigenvalue weighted by Crippen LogP contribution is -2.24. The number of nitrogens with zero attached hydrogens (tertiary/aromatic N) is 1. The van der Waals surface area contributed by atoms with Gasteiger partial charge in [0.25, 0.3) is 0 Å². The summed E-state index contributed by atoms with van der Waals surface area (Å²) >= 11 is 0. The molecule has 18 heavy (non-hydrogen) atoms. The minimum Gasteiger partial charge on any atom is -0.346 e. The summed E-state index contributed by atoms with van der Waals surface area (Å²) < 4.78 is 10.8. The Morgan fingerprint density at radius 3 is 2.61 bits per heavy atom. The molecule has 0 atom stereocenters. The van der Waals surface area contributed by atoms with Gasteiger partial charge in [0.1, 0.15) is 0 Å². The van der Waals surface area contributed by atoms with Gasteiger partial charge in [-0.15, -0.1) is 0 Å². The van der Waals surface area contributed by atoms with Gasteiger partial charge >= 0.3 is 0 Å². The van der Waals surface area contributed by atoms with Crippen molar-refractivity contribution in [3.63, 3.8) is 0 Å². The van der Waals surface area contributed by atoms with E-state index in [4.69, 9.17) is 9.47 Å². The third-order valence-electron chi connectivity index (χ3n) is 3.06. The zero-order valence-corrected chi connectivity index (χ0v) is 9.80. The van der Waals surface area contributed by atoms with Gasteiger partial charge in [-0.1, -0.05) is 12.1 Å². The van der Waals surface area contributed by atoms with Crippen molar-refractivity contribution in [1.29, 1.82) is 0 Å². The van der Waals surface area contributed by atoms with Gasteiger partial charge in [0.2, 0.25) is 5.91 Å². The Labute approximate surface area is 104 Å². The fourth-order valence-electron chi connectivity index (χ4n) is 2.21. The first-order chi connectivity index (χ1) is 8.74. The summed E-state index contributed by atoms with van der Waals surface area (Å²) in [4.78, 5) is 24.4. The number of ether oxygens (including phenoxy) is 2. The van der Waals surface area contributed by atoms with Crippen LogP contribution in [0.2, 0.25) is 0 Å². The maximum absolute atomic E-state index is 11.7. The van der Waals surface area contributed by atoms with Crippen molar-refractivity contribution in [1.82, 2.24) is 0 Å². The maximum Gasteiger partial charge on any atom is 0.234 e. The zero-order valence-electron chi connectivity index (χ0n) is 9.80. The normalized spacial score (nSPS) is 21.0. The lowest BCUT2D eigenvalue weighted by Gasteiger charge is -2.17. The Morgan fingerprint density at radius 1 is 1.17 bits per heavy atom. The van der Waals surface area contributed by atoms with E-state index in [1.54, 1.807) is 0 Å². The van der Waals surface area contributed by atoms with Crippen molar-refractivity contribution in [3.05, 3.63) is 29.8 Å². The fourth-order valence-corrected chi connectivity index (χ4v) is 2.21. The van der Waals surface area contributed by atoms with Crippen LogP contribution in [0, 0.1) is 0 Å². The first-order valence-corrected chi connectivity index (χ1v) is 5.89. The van der Waals surface area contributed by atoms with Crippen LogP contribution in [-0.4, -0.2) is 31.4 Å². The van der Waals surface area contributed by atoms with E-state index in [-0.39, 0.29) is 30.9 Å². The van der Waals surface area contributed by atoms with Gasteiger partial charge in [-0.05, 0) is 12.1 Å². The Bertz CT molecular complexity index is 494. The molecule has 0 aliphatic carbocycles. The van der Waals surface area contributed by atoms with Gasteiger partial charge in [-0.2, -0.15) is 0 Å². The van der Waals surface area contributed by atoms with Gasteiger partial charge in [-0.25, -0.2) is 0 Å².